The van der Waals surface area contributed by atoms with E-state index >= 15 is 0 Å². The molecule has 3 rings (SSSR count). The molecule has 0 bridgehead atoms. The smallest absolute Gasteiger partial charge is 0.258 e. The number of fused-ring (bicyclic) bond motifs is 1. The minimum absolute atomic E-state index is 0.0396. The van der Waals surface area contributed by atoms with Crippen LogP contribution >= 0.6 is 0 Å². The molecule has 7 nitrogen and oxygen atoms in total. The number of ether oxygens (including phenoxy) is 2. The van der Waals surface area contributed by atoms with Crippen LogP contribution in [-0.4, -0.2) is 41.2 Å². The Hall–Kier alpha value is -2.25. The van der Waals surface area contributed by atoms with E-state index in [1.807, 2.05) is 13.0 Å². The summed E-state index contributed by atoms with van der Waals surface area (Å²) in [4.78, 5) is 30.8. The Labute approximate surface area is 139 Å². The van der Waals surface area contributed by atoms with Gasteiger partial charge >= 0.3 is 0 Å². The van der Waals surface area contributed by atoms with E-state index in [1.165, 1.54) is 0 Å². The van der Waals surface area contributed by atoms with Crippen LogP contribution in [0.15, 0.2) is 29.1 Å². The maximum absolute atomic E-state index is 11.9. The molecule has 1 fully saturated rings. The summed E-state index contributed by atoms with van der Waals surface area (Å²) in [6, 6.07) is 7.05. The lowest BCUT2D eigenvalue weighted by molar-refractivity contribution is -0.127. The van der Waals surface area contributed by atoms with Crippen LogP contribution in [-0.2, 0) is 20.9 Å². The van der Waals surface area contributed by atoms with Gasteiger partial charge in [-0.2, -0.15) is 0 Å². The Morgan fingerprint density at radius 3 is 3.12 bits per heavy atom. The molecule has 1 aliphatic rings. The third-order valence-corrected chi connectivity index (χ3v) is 4.05. The summed E-state index contributed by atoms with van der Waals surface area (Å²) in [5.74, 6) is 0.194. The standard InChI is InChI=1S/C17H21N3O4/c1-11(14-7-4-8-24-14)18-16(21)10-23-9-15-19-13-6-3-2-5-12(13)17(22)20-15/h2-3,5-6,11,14H,4,7-10H2,1H3,(H,18,21)(H,19,20,22)/t11-,14+/m1/s1. The highest BCUT2D eigenvalue weighted by molar-refractivity contribution is 5.78. The van der Waals surface area contributed by atoms with Crippen LogP contribution in [0.3, 0.4) is 0 Å². The van der Waals surface area contributed by atoms with Crippen molar-refractivity contribution >= 4 is 16.8 Å². The minimum atomic E-state index is -0.212. The summed E-state index contributed by atoms with van der Waals surface area (Å²) >= 11 is 0. The predicted octanol–water partition coefficient (Wildman–Crippen LogP) is 1.12. The van der Waals surface area contributed by atoms with Gasteiger partial charge < -0.3 is 19.8 Å². The quantitative estimate of drug-likeness (QED) is 0.827. The third-order valence-electron chi connectivity index (χ3n) is 4.05. The second-order valence-corrected chi connectivity index (χ2v) is 5.93. The Morgan fingerprint density at radius 2 is 2.33 bits per heavy atom. The highest BCUT2D eigenvalue weighted by Crippen LogP contribution is 2.15. The average molecular weight is 331 g/mol. The van der Waals surface area contributed by atoms with Gasteiger partial charge in [0.15, 0.2) is 0 Å². The summed E-state index contributed by atoms with van der Waals surface area (Å²) in [5.41, 5.74) is 0.395. The van der Waals surface area contributed by atoms with Gasteiger partial charge in [0, 0.05) is 6.61 Å². The van der Waals surface area contributed by atoms with Gasteiger partial charge in [0.25, 0.3) is 5.56 Å². The van der Waals surface area contributed by atoms with Crippen molar-refractivity contribution in [2.75, 3.05) is 13.2 Å². The van der Waals surface area contributed by atoms with Gasteiger partial charge in [-0.3, -0.25) is 9.59 Å². The molecule has 0 radical (unpaired) electrons. The Bertz CT molecular complexity index is 768. The van der Waals surface area contributed by atoms with E-state index in [1.54, 1.807) is 18.2 Å². The maximum atomic E-state index is 11.9. The number of nitrogens with zero attached hydrogens (tertiary/aromatic N) is 1. The molecule has 0 spiro atoms. The molecular formula is C17H21N3O4. The van der Waals surface area contributed by atoms with Gasteiger partial charge in [0.1, 0.15) is 19.0 Å². The van der Waals surface area contributed by atoms with Gasteiger partial charge in [-0.15, -0.1) is 0 Å². The molecule has 0 unspecified atom stereocenters. The molecule has 2 atom stereocenters. The normalized spacial score (nSPS) is 18.6. The van der Waals surface area contributed by atoms with Crippen LogP contribution in [0.4, 0.5) is 0 Å². The number of amides is 1. The number of nitrogens with one attached hydrogen (secondary N) is 2. The van der Waals surface area contributed by atoms with Crippen LogP contribution in [0.2, 0.25) is 0 Å². The molecule has 1 saturated heterocycles. The van der Waals surface area contributed by atoms with E-state index in [9.17, 15) is 9.59 Å². The van der Waals surface area contributed by atoms with Crippen molar-refractivity contribution in [1.29, 1.82) is 0 Å². The molecule has 2 aromatic rings. The zero-order valence-electron chi connectivity index (χ0n) is 13.6. The van der Waals surface area contributed by atoms with Gasteiger partial charge in [0.05, 0.1) is 23.0 Å². The van der Waals surface area contributed by atoms with E-state index in [-0.39, 0.29) is 36.8 Å². The molecule has 1 amide bonds. The first-order valence-corrected chi connectivity index (χ1v) is 8.10. The third kappa shape index (κ3) is 3.98. The fourth-order valence-electron chi connectivity index (χ4n) is 2.83. The van der Waals surface area contributed by atoms with E-state index in [0.717, 1.165) is 19.4 Å². The van der Waals surface area contributed by atoms with Crippen molar-refractivity contribution in [3.8, 4) is 0 Å². The molecule has 0 saturated carbocycles. The van der Waals surface area contributed by atoms with Crippen molar-refractivity contribution in [1.82, 2.24) is 15.3 Å². The van der Waals surface area contributed by atoms with E-state index < -0.39 is 0 Å². The zero-order chi connectivity index (χ0) is 16.9. The molecule has 128 valence electrons. The number of aromatic amines is 1. The first kappa shape index (κ1) is 16.6. The van der Waals surface area contributed by atoms with Crippen molar-refractivity contribution < 1.29 is 14.3 Å². The second kappa shape index (κ2) is 7.55. The Kier molecular flexibility index (Phi) is 5.22. The molecule has 1 aromatic heterocycles. The number of carbonyl (C=O) groups excluding carboxylic acids is 1. The number of H-pyrrole nitrogens is 1. The van der Waals surface area contributed by atoms with Crippen molar-refractivity contribution in [3.63, 3.8) is 0 Å². The van der Waals surface area contributed by atoms with E-state index in [0.29, 0.717) is 16.7 Å². The summed E-state index contributed by atoms with van der Waals surface area (Å²) in [6.07, 6.45) is 2.07. The van der Waals surface area contributed by atoms with Crippen LogP contribution in [0.1, 0.15) is 25.6 Å². The fourth-order valence-corrected chi connectivity index (χ4v) is 2.83. The Morgan fingerprint density at radius 1 is 1.50 bits per heavy atom. The van der Waals surface area contributed by atoms with E-state index in [4.69, 9.17) is 9.47 Å². The van der Waals surface area contributed by atoms with Crippen molar-refractivity contribution in [3.05, 3.63) is 40.4 Å². The zero-order valence-corrected chi connectivity index (χ0v) is 13.6. The van der Waals surface area contributed by atoms with Gasteiger partial charge in [-0.1, -0.05) is 12.1 Å². The first-order valence-electron chi connectivity index (χ1n) is 8.10. The molecular weight excluding hydrogens is 310 g/mol. The lowest BCUT2D eigenvalue weighted by atomic mass is 10.1. The number of hydrogen-bond acceptors (Lipinski definition) is 5. The molecule has 1 aromatic carbocycles. The molecule has 1 aliphatic heterocycles. The number of rotatable bonds is 6. The van der Waals surface area contributed by atoms with E-state index in [2.05, 4.69) is 15.3 Å². The monoisotopic (exact) mass is 331 g/mol. The number of hydrogen-bond donors (Lipinski definition) is 2. The number of aromatic nitrogens is 2. The second-order valence-electron chi connectivity index (χ2n) is 5.93. The summed E-state index contributed by atoms with van der Waals surface area (Å²) in [6.45, 7) is 2.66. The molecule has 2 heterocycles. The van der Waals surface area contributed by atoms with Crippen molar-refractivity contribution in [2.45, 2.75) is 38.5 Å². The molecule has 7 heteroatoms. The predicted molar refractivity (Wildman–Crippen MR) is 88.6 cm³/mol. The summed E-state index contributed by atoms with van der Waals surface area (Å²) in [5, 5.41) is 3.40. The number of carbonyl (C=O) groups is 1. The Balaban J connectivity index is 1.51. The topological polar surface area (TPSA) is 93.3 Å². The lowest BCUT2D eigenvalue weighted by Gasteiger charge is -2.19. The lowest BCUT2D eigenvalue weighted by Crippen LogP contribution is -2.42. The van der Waals surface area contributed by atoms with Gasteiger partial charge in [-0.25, -0.2) is 4.98 Å². The highest BCUT2D eigenvalue weighted by Gasteiger charge is 2.23. The SMILES string of the molecule is C[C@@H](NC(=O)COCc1nc2ccccc2c(=O)[nH]1)[C@@H]1CCCO1. The number of para-hydroxylation sites is 1. The van der Waals surface area contributed by atoms with Gasteiger partial charge in [-0.05, 0) is 31.9 Å². The first-order chi connectivity index (χ1) is 11.6. The summed E-state index contributed by atoms with van der Waals surface area (Å²) in [7, 11) is 0. The molecule has 2 N–H and O–H groups in total. The van der Waals surface area contributed by atoms with Crippen LogP contribution < -0.4 is 10.9 Å². The van der Waals surface area contributed by atoms with Crippen molar-refractivity contribution in [2.24, 2.45) is 0 Å². The fraction of sp³-hybridized carbons (Fsp3) is 0.471. The summed E-state index contributed by atoms with van der Waals surface area (Å²) < 4.78 is 10.9. The van der Waals surface area contributed by atoms with Crippen LogP contribution in [0.25, 0.3) is 10.9 Å². The van der Waals surface area contributed by atoms with Crippen LogP contribution in [0, 0.1) is 0 Å². The largest absolute Gasteiger partial charge is 0.376 e. The average Bonchev–Trinajstić information content (AvgIpc) is 3.09. The number of benzene rings is 1. The van der Waals surface area contributed by atoms with Gasteiger partial charge in [0.2, 0.25) is 5.91 Å². The maximum Gasteiger partial charge on any atom is 0.258 e. The highest BCUT2D eigenvalue weighted by atomic mass is 16.5. The molecule has 0 aliphatic carbocycles. The van der Waals surface area contributed by atoms with Crippen LogP contribution in [0.5, 0.6) is 0 Å². The minimum Gasteiger partial charge on any atom is -0.376 e. The molecule has 24 heavy (non-hydrogen) atoms.